The minimum atomic E-state index is 0.542. The summed E-state index contributed by atoms with van der Waals surface area (Å²) in [5, 5.41) is 15.4. The summed E-state index contributed by atoms with van der Waals surface area (Å²) < 4.78 is 2.00. The molecule has 0 aromatic carbocycles. The monoisotopic (exact) mass is 320 g/mol. The van der Waals surface area contributed by atoms with Gasteiger partial charge in [0.25, 0.3) is 0 Å². The van der Waals surface area contributed by atoms with Crippen LogP contribution in [0.2, 0.25) is 0 Å². The molecule has 0 amide bonds. The molecule has 0 unspecified atom stereocenters. The van der Waals surface area contributed by atoms with Crippen molar-refractivity contribution >= 4 is 5.96 Å². The summed E-state index contributed by atoms with van der Waals surface area (Å²) in [6.07, 6.45) is 7.43. The third-order valence-corrected chi connectivity index (χ3v) is 4.74. The van der Waals surface area contributed by atoms with Crippen LogP contribution in [0.4, 0.5) is 0 Å². The fourth-order valence-electron chi connectivity index (χ4n) is 2.87. The second-order valence-corrected chi connectivity index (χ2v) is 6.77. The molecule has 1 fully saturated rings. The molecule has 1 saturated carbocycles. The van der Waals surface area contributed by atoms with Gasteiger partial charge in [-0.3, -0.25) is 0 Å². The number of hydrogen-bond acceptors (Lipinski definition) is 3. The minimum absolute atomic E-state index is 0.542. The third kappa shape index (κ3) is 5.52. The Morgan fingerprint density at radius 2 is 2.00 bits per heavy atom. The van der Waals surface area contributed by atoms with Crippen LogP contribution in [0.5, 0.6) is 0 Å². The van der Waals surface area contributed by atoms with Crippen molar-refractivity contribution in [1.82, 2.24) is 25.4 Å². The lowest BCUT2D eigenvalue weighted by Gasteiger charge is -2.28. The van der Waals surface area contributed by atoms with E-state index in [1.165, 1.54) is 32.1 Å². The van der Waals surface area contributed by atoms with Crippen LogP contribution in [0, 0.1) is 12.8 Å². The van der Waals surface area contributed by atoms with E-state index in [0.29, 0.717) is 12.6 Å². The smallest absolute Gasteiger partial charge is 0.191 e. The van der Waals surface area contributed by atoms with Gasteiger partial charge in [0.15, 0.2) is 11.8 Å². The van der Waals surface area contributed by atoms with Crippen molar-refractivity contribution in [3.63, 3.8) is 0 Å². The van der Waals surface area contributed by atoms with E-state index in [1.807, 2.05) is 18.5 Å². The van der Waals surface area contributed by atoms with Gasteiger partial charge >= 0.3 is 0 Å². The van der Waals surface area contributed by atoms with Crippen LogP contribution in [-0.4, -0.2) is 33.3 Å². The molecule has 1 aliphatic rings. The number of guanidine groups is 1. The maximum atomic E-state index is 4.72. The lowest BCUT2D eigenvalue weighted by molar-refractivity contribution is 0.329. The Labute approximate surface area is 140 Å². The number of aromatic nitrogens is 3. The number of nitrogens with one attached hydrogen (secondary N) is 2. The SMILES string of the molecule is CCCCNC(=NCc1nnc(C)n1C)NC1CCC(C)CC1. The Hall–Kier alpha value is -1.59. The van der Waals surface area contributed by atoms with Gasteiger partial charge in [0.05, 0.1) is 0 Å². The lowest BCUT2D eigenvalue weighted by atomic mass is 9.87. The first-order chi connectivity index (χ1) is 11.1. The van der Waals surface area contributed by atoms with Crippen molar-refractivity contribution in [2.45, 2.75) is 71.9 Å². The lowest BCUT2D eigenvalue weighted by Crippen LogP contribution is -2.45. The first kappa shape index (κ1) is 17.8. The standard InChI is InChI=1S/C17H32N6/c1-5-6-11-18-17(20-15-9-7-13(2)8-10-15)19-12-16-22-21-14(3)23(16)4/h13,15H,5-12H2,1-4H3,(H2,18,19,20). The topological polar surface area (TPSA) is 67.1 Å². The minimum Gasteiger partial charge on any atom is -0.356 e. The molecule has 6 heteroatoms. The maximum absolute atomic E-state index is 4.72. The molecule has 130 valence electrons. The first-order valence-electron chi connectivity index (χ1n) is 8.99. The Morgan fingerprint density at radius 3 is 2.61 bits per heavy atom. The number of aliphatic imine (C=N–C) groups is 1. The van der Waals surface area contributed by atoms with E-state index in [-0.39, 0.29) is 0 Å². The summed E-state index contributed by atoms with van der Waals surface area (Å²) in [6, 6.07) is 0.542. The van der Waals surface area contributed by atoms with Gasteiger partial charge in [-0.2, -0.15) is 0 Å². The molecular weight excluding hydrogens is 288 g/mol. The van der Waals surface area contributed by atoms with E-state index in [4.69, 9.17) is 4.99 Å². The summed E-state index contributed by atoms with van der Waals surface area (Å²) in [5.41, 5.74) is 0. The van der Waals surface area contributed by atoms with Crippen molar-refractivity contribution in [2.24, 2.45) is 18.0 Å². The van der Waals surface area contributed by atoms with Crippen LogP contribution in [0.15, 0.2) is 4.99 Å². The zero-order valence-electron chi connectivity index (χ0n) is 15.1. The summed E-state index contributed by atoms with van der Waals surface area (Å²) in [5.74, 6) is 3.60. The molecule has 23 heavy (non-hydrogen) atoms. The third-order valence-electron chi connectivity index (χ3n) is 4.74. The predicted octanol–water partition coefficient (Wildman–Crippen LogP) is 2.54. The summed E-state index contributed by atoms with van der Waals surface area (Å²) in [7, 11) is 1.99. The molecular formula is C17H32N6. The van der Waals surface area contributed by atoms with Crippen molar-refractivity contribution in [3.05, 3.63) is 11.6 Å². The second-order valence-electron chi connectivity index (χ2n) is 6.77. The molecule has 0 atom stereocenters. The maximum Gasteiger partial charge on any atom is 0.191 e. The van der Waals surface area contributed by atoms with Crippen LogP contribution in [0.3, 0.4) is 0 Å². The largest absolute Gasteiger partial charge is 0.356 e. The van der Waals surface area contributed by atoms with Crippen molar-refractivity contribution in [3.8, 4) is 0 Å². The Morgan fingerprint density at radius 1 is 1.26 bits per heavy atom. The molecule has 0 radical (unpaired) electrons. The molecule has 2 N–H and O–H groups in total. The van der Waals surface area contributed by atoms with Gasteiger partial charge in [0.1, 0.15) is 12.4 Å². The van der Waals surface area contributed by atoms with Crippen LogP contribution in [0.1, 0.15) is 64.0 Å². The molecule has 6 nitrogen and oxygen atoms in total. The van der Waals surface area contributed by atoms with Gasteiger partial charge in [-0.05, 0) is 44.9 Å². The Bertz CT molecular complexity index is 499. The van der Waals surface area contributed by atoms with E-state index in [9.17, 15) is 0 Å². The molecule has 1 heterocycles. The fraction of sp³-hybridized carbons (Fsp3) is 0.824. The van der Waals surface area contributed by atoms with Crippen LogP contribution in [0.25, 0.3) is 0 Å². The van der Waals surface area contributed by atoms with Crippen LogP contribution < -0.4 is 10.6 Å². The Kier molecular flexibility index (Phi) is 6.86. The van der Waals surface area contributed by atoms with E-state index < -0.39 is 0 Å². The predicted molar refractivity (Wildman–Crippen MR) is 94.3 cm³/mol. The molecule has 0 bridgehead atoms. The van der Waals surface area contributed by atoms with Crippen molar-refractivity contribution in [2.75, 3.05) is 6.54 Å². The number of nitrogens with zero attached hydrogens (tertiary/aromatic N) is 4. The number of unbranched alkanes of at least 4 members (excludes halogenated alkanes) is 1. The highest BCUT2D eigenvalue weighted by Gasteiger charge is 2.19. The Balaban J connectivity index is 1.95. The van der Waals surface area contributed by atoms with Gasteiger partial charge in [0, 0.05) is 19.6 Å². The molecule has 0 aliphatic heterocycles. The molecule has 1 aliphatic carbocycles. The van der Waals surface area contributed by atoms with Gasteiger partial charge in [-0.15, -0.1) is 10.2 Å². The average molecular weight is 320 g/mol. The van der Waals surface area contributed by atoms with Crippen LogP contribution >= 0.6 is 0 Å². The zero-order chi connectivity index (χ0) is 16.7. The summed E-state index contributed by atoms with van der Waals surface area (Å²) >= 11 is 0. The van der Waals surface area contributed by atoms with E-state index in [1.54, 1.807) is 0 Å². The number of aryl methyl sites for hydroxylation is 1. The summed E-state index contributed by atoms with van der Waals surface area (Å²) in [4.78, 5) is 4.72. The number of hydrogen-bond donors (Lipinski definition) is 2. The quantitative estimate of drug-likeness (QED) is 0.480. The van der Waals surface area contributed by atoms with Gasteiger partial charge < -0.3 is 15.2 Å². The van der Waals surface area contributed by atoms with Gasteiger partial charge in [-0.1, -0.05) is 20.3 Å². The zero-order valence-corrected chi connectivity index (χ0v) is 15.1. The molecule has 0 saturated heterocycles. The van der Waals surface area contributed by atoms with E-state index in [0.717, 1.165) is 36.5 Å². The molecule has 2 rings (SSSR count). The summed E-state index contributed by atoms with van der Waals surface area (Å²) in [6.45, 7) is 8.03. The highest BCUT2D eigenvalue weighted by molar-refractivity contribution is 5.80. The fourth-order valence-corrected chi connectivity index (χ4v) is 2.87. The first-order valence-corrected chi connectivity index (χ1v) is 8.99. The second kappa shape index (κ2) is 8.89. The van der Waals surface area contributed by atoms with Gasteiger partial charge in [0.2, 0.25) is 0 Å². The van der Waals surface area contributed by atoms with E-state index >= 15 is 0 Å². The number of rotatable bonds is 6. The molecule has 1 aromatic rings. The normalized spacial score (nSPS) is 22.2. The highest BCUT2D eigenvalue weighted by Crippen LogP contribution is 2.23. The molecule has 1 aromatic heterocycles. The van der Waals surface area contributed by atoms with Crippen molar-refractivity contribution < 1.29 is 0 Å². The van der Waals surface area contributed by atoms with Gasteiger partial charge in [-0.25, -0.2) is 4.99 Å². The van der Waals surface area contributed by atoms with Crippen LogP contribution in [-0.2, 0) is 13.6 Å². The highest BCUT2D eigenvalue weighted by atomic mass is 15.3. The van der Waals surface area contributed by atoms with E-state index in [2.05, 4.69) is 34.7 Å². The van der Waals surface area contributed by atoms with Crippen molar-refractivity contribution in [1.29, 1.82) is 0 Å². The average Bonchev–Trinajstić information content (AvgIpc) is 2.86. The molecule has 0 spiro atoms.